The Morgan fingerprint density at radius 1 is 0.963 bits per heavy atom. The predicted octanol–water partition coefficient (Wildman–Crippen LogP) is 4.53. The van der Waals surface area contributed by atoms with Crippen LogP contribution in [0, 0.1) is 0 Å². The number of carbonyl (C=O) groups is 1. The molecule has 27 heavy (non-hydrogen) atoms. The molecule has 4 nitrogen and oxygen atoms in total. The number of aldehydes is 1. The largest absolute Gasteiger partial charge is 0.416 e. The van der Waals surface area contributed by atoms with E-state index < -0.39 is 11.7 Å². The zero-order chi connectivity index (χ0) is 19.3. The van der Waals surface area contributed by atoms with Gasteiger partial charge in [0.25, 0.3) is 0 Å². The molecule has 0 radical (unpaired) electrons. The Morgan fingerprint density at radius 2 is 1.59 bits per heavy atom. The maximum absolute atomic E-state index is 12.7. The monoisotopic (exact) mass is 373 g/mol. The highest BCUT2D eigenvalue weighted by Gasteiger charge is 2.29. The number of unbranched alkanes of at least 4 members (excludes halogenated alkanes) is 1. The third kappa shape index (κ3) is 4.81. The Labute approximate surface area is 154 Å². The second-order valence-electron chi connectivity index (χ2n) is 6.21. The summed E-state index contributed by atoms with van der Waals surface area (Å²) in [6.45, 7) is 0.594. The molecule has 0 aliphatic carbocycles. The highest BCUT2D eigenvalue weighted by atomic mass is 19.4. The SMILES string of the molecule is O=CCCCc1nncn1Cc1ccc(-c2ccc(C(F)(F)F)cc2)cc1. The first-order valence-electron chi connectivity index (χ1n) is 8.54. The van der Waals surface area contributed by atoms with Crippen molar-refractivity contribution in [3.63, 3.8) is 0 Å². The van der Waals surface area contributed by atoms with Crippen molar-refractivity contribution < 1.29 is 18.0 Å². The fraction of sp³-hybridized carbons (Fsp3) is 0.250. The lowest BCUT2D eigenvalue weighted by Crippen LogP contribution is -2.05. The average Bonchev–Trinajstić information content (AvgIpc) is 3.09. The van der Waals surface area contributed by atoms with E-state index >= 15 is 0 Å². The third-order valence-corrected chi connectivity index (χ3v) is 4.27. The molecule has 0 amide bonds. The quantitative estimate of drug-likeness (QED) is 0.451. The Balaban J connectivity index is 1.69. The molecule has 1 aromatic heterocycles. The van der Waals surface area contributed by atoms with Gasteiger partial charge in [0.1, 0.15) is 18.4 Å². The number of alkyl halides is 3. The fourth-order valence-corrected chi connectivity index (χ4v) is 2.80. The smallest absolute Gasteiger partial charge is 0.313 e. The van der Waals surface area contributed by atoms with Crippen LogP contribution in [0.1, 0.15) is 29.8 Å². The van der Waals surface area contributed by atoms with Gasteiger partial charge in [-0.15, -0.1) is 10.2 Å². The molecule has 1 heterocycles. The lowest BCUT2D eigenvalue weighted by atomic mass is 10.0. The zero-order valence-corrected chi connectivity index (χ0v) is 14.5. The van der Waals surface area contributed by atoms with Gasteiger partial charge in [-0.3, -0.25) is 0 Å². The number of aryl methyl sites for hydroxylation is 1. The number of aromatic nitrogens is 3. The fourth-order valence-electron chi connectivity index (χ4n) is 2.80. The third-order valence-electron chi connectivity index (χ3n) is 4.27. The van der Waals surface area contributed by atoms with Crippen LogP contribution in [0.3, 0.4) is 0 Å². The molecule has 0 aliphatic heterocycles. The van der Waals surface area contributed by atoms with Crippen molar-refractivity contribution in [3.05, 3.63) is 71.8 Å². The van der Waals surface area contributed by atoms with Crippen LogP contribution in [0.5, 0.6) is 0 Å². The topological polar surface area (TPSA) is 47.8 Å². The Morgan fingerprint density at radius 3 is 2.19 bits per heavy atom. The van der Waals surface area contributed by atoms with Crippen LogP contribution in [-0.4, -0.2) is 21.1 Å². The Hall–Kier alpha value is -2.96. The second-order valence-corrected chi connectivity index (χ2v) is 6.21. The van der Waals surface area contributed by atoms with E-state index in [1.54, 1.807) is 6.33 Å². The standard InChI is InChI=1S/C20H18F3N3O/c21-20(22,23)18-10-8-17(9-11-18)16-6-4-15(5-7-16)13-26-14-24-25-19(26)3-1-2-12-27/h4-12,14H,1-3,13H2. The van der Waals surface area contributed by atoms with Gasteiger partial charge in [0.05, 0.1) is 12.1 Å². The van der Waals surface area contributed by atoms with Gasteiger partial charge in [-0.1, -0.05) is 36.4 Å². The van der Waals surface area contributed by atoms with E-state index in [0.29, 0.717) is 19.4 Å². The number of benzene rings is 2. The summed E-state index contributed by atoms with van der Waals surface area (Å²) in [5.74, 6) is 0.823. The number of carbonyl (C=O) groups excluding carboxylic acids is 1. The molecule has 2 aromatic carbocycles. The number of halogens is 3. The maximum Gasteiger partial charge on any atom is 0.416 e. The number of rotatable bonds is 7. The summed E-state index contributed by atoms with van der Waals surface area (Å²) in [7, 11) is 0. The minimum atomic E-state index is -4.33. The Kier molecular flexibility index (Phi) is 5.69. The van der Waals surface area contributed by atoms with Crippen molar-refractivity contribution in [2.45, 2.75) is 32.0 Å². The molecule has 0 aliphatic rings. The van der Waals surface area contributed by atoms with Gasteiger partial charge in [0.2, 0.25) is 0 Å². The first-order valence-corrected chi connectivity index (χ1v) is 8.54. The zero-order valence-electron chi connectivity index (χ0n) is 14.5. The van der Waals surface area contributed by atoms with Crippen molar-refractivity contribution in [1.82, 2.24) is 14.8 Å². The summed E-state index contributed by atoms with van der Waals surface area (Å²) in [5.41, 5.74) is 1.95. The van der Waals surface area contributed by atoms with Crippen molar-refractivity contribution in [3.8, 4) is 11.1 Å². The number of hydrogen-bond donors (Lipinski definition) is 0. The number of hydrogen-bond acceptors (Lipinski definition) is 3. The molecule has 0 bridgehead atoms. The van der Waals surface area contributed by atoms with Crippen molar-refractivity contribution in [2.24, 2.45) is 0 Å². The second kappa shape index (κ2) is 8.16. The summed E-state index contributed by atoms with van der Waals surface area (Å²) in [6, 6.07) is 12.8. The van der Waals surface area contributed by atoms with Gasteiger partial charge in [-0.05, 0) is 35.2 Å². The van der Waals surface area contributed by atoms with Gasteiger partial charge in [-0.25, -0.2) is 0 Å². The van der Waals surface area contributed by atoms with Gasteiger partial charge >= 0.3 is 6.18 Å². The molecule has 0 fully saturated rings. The molecule has 0 N–H and O–H groups in total. The van der Waals surface area contributed by atoms with E-state index in [0.717, 1.165) is 47.4 Å². The maximum atomic E-state index is 12.7. The van der Waals surface area contributed by atoms with Crippen LogP contribution < -0.4 is 0 Å². The molecule has 0 saturated carbocycles. The number of nitrogens with zero attached hydrogens (tertiary/aromatic N) is 3. The van der Waals surface area contributed by atoms with Crippen molar-refractivity contribution in [1.29, 1.82) is 0 Å². The van der Waals surface area contributed by atoms with Gasteiger partial charge < -0.3 is 9.36 Å². The lowest BCUT2D eigenvalue weighted by molar-refractivity contribution is -0.137. The summed E-state index contributed by atoms with van der Waals surface area (Å²) >= 11 is 0. The summed E-state index contributed by atoms with van der Waals surface area (Å²) in [4.78, 5) is 10.4. The molecule has 0 spiro atoms. The van der Waals surface area contributed by atoms with E-state index in [2.05, 4.69) is 10.2 Å². The minimum absolute atomic E-state index is 0.495. The van der Waals surface area contributed by atoms with Crippen LogP contribution in [0.2, 0.25) is 0 Å². The van der Waals surface area contributed by atoms with E-state index in [9.17, 15) is 18.0 Å². The van der Waals surface area contributed by atoms with Crippen LogP contribution in [0.15, 0.2) is 54.9 Å². The molecular weight excluding hydrogens is 355 g/mol. The molecular formula is C20H18F3N3O. The van der Waals surface area contributed by atoms with Crippen LogP contribution in [-0.2, 0) is 23.9 Å². The molecule has 0 unspecified atom stereocenters. The highest BCUT2D eigenvalue weighted by molar-refractivity contribution is 5.64. The molecule has 0 saturated heterocycles. The minimum Gasteiger partial charge on any atom is -0.313 e. The summed E-state index contributed by atoms with van der Waals surface area (Å²) in [5, 5.41) is 8.01. The van der Waals surface area contributed by atoms with Crippen molar-refractivity contribution in [2.75, 3.05) is 0 Å². The van der Waals surface area contributed by atoms with E-state index in [1.165, 1.54) is 12.1 Å². The first-order chi connectivity index (χ1) is 13.0. The molecule has 3 aromatic rings. The van der Waals surface area contributed by atoms with Gasteiger partial charge in [0.15, 0.2) is 0 Å². The first kappa shape index (κ1) is 18.8. The Bertz CT molecular complexity index is 884. The van der Waals surface area contributed by atoms with E-state index in [-0.39, 0.29) is 0 Å². The summed E-state index contributed by atoms with van der Waals surface area (Å²) < 4.78 is 39.9. The predicted molar refractivity (Wildman–Crippen MR) is 95.0 cm³/mol. The van der Waals surface area contributed by atoms with Crippen LogP contribution in [0.25, 0.3) is 11.1 Å². The molecule has 0 atom stereocenters. The van der Waals surface area contributed by atoms with Gasteiger partial charge in [-0.2, -0.15) is 13.2 Å². The van der Waals surface area contributed by atoms with E-state index in [4.69, 9.17) is 0 Å². The van der Waals surface area contributed by atoms with E-state index in [1.807, 2.05) is 28.8 Å². The van der Waals surface area contributed by atoms with Gasteiger partial charge in [0, 0.05) is 12.8 Å². The normalized spacial score (nSPS) is 11.5. The van der Waals surface area contributed by atoms with Crippen LogP contribution >= 0.6 is 0 Å². The summed E-state index contributed by atoms with van der Waals surface area (Å²) in [6.07, 6.45) is 0.122. The average molecular weight is 373 g/mol. The molecule has 7 heteroatoms. The molecule has 3 rings (SSSR count). The lowest BCUT2D eigenvalue weighted by Gasteiger charge is -2.09. The molecule has 140 valence electrons. The highest BCUT2D eigenvalue weighted by Crippen LogP contribution is 2.31. The van der Waals surface area contributed by atoms with Crippen molar-refractivity contribution >= 4 is 6.29 Å². The van der Waals surface area contributed by atoms with Crippen LogP contribution in [0.4, 0.5) is 13.2 Å².